The third-order valence-corrected chi connectivity index (χ3v) is 4.01. The summed E-state index contributed by atoms with van der Waals surface area (Å²) in [5.41, 5.74) is 0.666. The minimum absolute atomic E-state index is 0.232. The second-order valence-corrected chi connectivity index (χ2v) is 6.42. The molecule has 2 rings (SSSR count). The molecule has 0 radical (unpaired) electrons. The lowest BCUT2D eigenvalue weighted by Crippen LogP contribution is -2.18. The van der Waals surface area contributed by atoms with Crippen LogP contribution >= 0.6 is 11.6 Å². The Morgan fingerprint density at radius 3 is 2.56 bits per heavy atom. The smallest absolute Gasteiger partial charge is 0.274 e. The maximum Gasteiger partial charge on any atom is 0.274 e. The van der Waals surface area contributed by atoms with Gasteiger partial charge in [-0.1, -0.05) is 11.6 Å². The van der Waals surface area contributed by atoms with E-state index in [1.165, 1.54) is 20.5 Å². The van der Waals surface area contributed by atoms with Crippen molar-refractivity contribution in [3.8, 4) is 11.5 Å². The number of nitrogens with zero attached hydrogens (tertiary/aromatic N) is 3. The summed E-state index contributed by atoms with van der Waals surface area (Å²) in [5, 5.41) is 6.34. The highest BCUT2D eigenvalue weighted by Crippen LogP contribution is 2.36. The summed E-state index contributed by atoms with van der Waals surface area (Å²) < 4.78 is 10.5. The zero-order valence-electron chi connectivity index (χ0n) is 15.9. The molecule has 0 aliphatic rings. The zero-order valence-corrected chi connectivity index (χ0v) is 16.6. The van der Waals surface area contributed by atoms with E-state index in [9.17, 15) is 4.79 Å². The van der Waals surface area contributed by atoms with Gasteiger partial charge in [0.1, 0.15) is 29.3 Å². The van der Waals surface area contributed by atoms with Gasteiger partial charge in [-0.15, -0.1) is 0 Å². The molecule has 0 atom stereocenters. The van der Waals surface area contributed by atoms with Crippen LogP contribution in [-0.4, -0.2) is 62.2 Å². The van der Waals surface area contributed by atoms with Crippen molar-refractivity contribution in [2.75, 3.05) is 52.0 Å². The first kappa shape index (κ1) is 20.7. The van der Waals surface area contributed by atoms with Gasteiger partial charge in [-0.3, -0.25) is 4.79 Å². The molecule has 146 valence electrons. The molecule has 0 aliphatic carbocycles. The molecule has 9 heteroatoms. The van der Waals surface area contributed by atoms with Crippen molar-refractivity contribution in [1.29, 1.82) is 0 Å². The molecule has 0 unspecified atom stereocenters. The van der Waals surface area contributed by atoms with Gasteiger partial charge in [-0.2, -0.15) is 0 Å². The third-order valence-electron chi connectivity index (χ3n) is 3.71. The topological polar surface area (TPSA) is 88.6 Å². The van der Waals surface area contributed by atoms with Crippen LogP contribution in [0.3, 0.4) is 0 Å². The van der Waals surface area contributed by atoms with Crippen molar-refractivity contribution in [2.45, 2.75) is 6.42 Å². The Bertz CT molecular complexity index is 786. The number of rotatable bonds is 9. The van der Waals surface area contributed by atoms with Crippen molar-refractivity contribution in [3.05, 3.63) is 35.2 Å². The Labute approximate surface area is 163 Å². The maximum absolute atomic E-state index is 12.6. The number of carbonyl (C=O) groups excluding carboxylic acids is 1. The SMILES string of the molecule is COc1cc(NC(=O)c2cc(NCCCN(C)C)ncn2)c(OC)cc1Cl. The molecule has 0 saturated carbocycles. The van der Waals surface area contributed by atoms with Gasteiger partial charge < -0.3 is 25.0 Å². The monoisotopic (exact) mass is 393 g/mol. The van der Waals surface area contributed by atoms with Crippen molar-refractivity contribution in [1.82, 2.24) is 14.9 Å². The Hall–Kier alpha value is -2.58. The average molecular weight is 394 g/mol. The molecule has 1 heterocycles. The van der Waals surface area contributed by atoms with Crippen molar-refractivity contribution >= 4 is 29.0 Å². The summed E-state index contributed by atoms with van der Waals surface area (Å²) in [5.74, 6) is 1.05. The van der Waals surface area contributed by atoms with E-state index >= 15 is 0 Å². The molecule has 0 bridgehead atoms. The van der Waals surface area contributed by atoms with E-state index in [1.807, 2.05) is 14.1 Å². The highest BCUT2D eigenvalue weighted by Gasteiger charge is 2.15. The molecule has 1 aromatic carbocycles. The van der Waals surface area contributed by atoms with E-state index in [-0.39, 0.29) is 5.69 Å². The van der Waals surface area contributed by atoms with Crippen LogP contribution < -0.4 is 20.1 Å². The summed E-state index contributed by atoms with van der Waals surface area (Å²) in [6, 6.07) is 4.78. The minimum atomic E-state index is -0.392. The number of halogens is 1. The second kappa shape index (κ2) is 9.94. The fourth-order valence-electron chi connectivity index (χ4n) is 2.33. The predicted molar refractivity (Wildman–Crippen MR) is 106 cm³/mol. The molecule has 2 N–H and O–H groups in total. The molecule has 8 nitrogen and oxygen atoms in total. The number of hydrogen-bond acceptors (Lipinski definition) is 7. The van der Waals surface area contributed by atoms with Crippen molar-refractivity contribution in [2.24, 2.45) is 0 Å². The molecule has 0 fully saturated rings. The van der Waals surface area contributed by atoms with Crippen LogP contribution in [0.15, 0.2) is 24.5 Å². The van der Waals surface area contributed by atoms with E-state index in [1.54, 1.807) is 18.2 Å². The summed E-state index contributed by atoms with van der Waals surface area (Å²) >= 11 is 6.08. The van der Waals surface area contributed by atoms with Gasteiger partial charge in [0.2, 0.25) is 0 Å². The molecule has 1 amide bonds. The number of benzene rings is 1. The lowest BCUT2D eigenvalue weighted by molar-refractivity contribution is 0.102. The van der Waals surface area contributed by atoms with Gasteiger partial charge >= 0.3 is 0 Å². The molecular weight excluding hydrogens is 370 g/mol. The van der Waals surface area contributed by atoms with Gasteiger partial charge in [-0.05, 0) is 27.1 Å². The Kier molecular flexibility index (Phi) is 7.63. The standard InChI is InChI=1S/C18H24ClN5O3/c1-24(2)7-5-6-20-17-10-14(21-11-22-17)18(25)23-13-9-15(26-3)12(19)8-16(13)27-4/h8-11H,5-7H2,1-4H3,(H,23,25)(H,20,21,22). The summed E-state index contributed by atoms with van der Waals surface area (Å²) in [7, 11) is 7.03. The molecular formula is C18H24ClN5O3. The number of carbonyl (C=O) groups is 1. The van der Waals surface area contributed by atoms with Crippen molar-refractivity contribution < 1.29 is 14.3 Å². The first-order valence-electron chi connectivity index (χ1n) is 8.38. The van der Waals surface area contributed by atoms with Gasteiger partial charge in [-0.25, -0.2) is 9.97 Å². The number of hydrogen-bond donors (Lipinski definition) is 2. The molecule has 27 heavy (non-hydrogen) atoms. The fraction of sp³-hybridized carbons (Fsp3) is 0.389. The first-order valence-corrected chi connectivity index (χ1v) is 8.76. The number of amides is 1. The Morgan fingerprint density at radius 2 is 1.89 bits per heavy atom. The van der Waals surface area contributed by atoms with Gasteiger partial charge in [0, 0.05) is 24.7 Å². The largest absolute Gasteiger partial charge is 0.495 e. The van der Waals surface area contributed by atoms with E-state index in [0.29, 0.717) is 28.0 Å². The predicted octanol–water partition coefficient (Wildman–Crippen LogP) is 2.76. The van der Waals surface area contributed by atoms with E-state index in [4.69, 9.17) is 21.1 Å². The maximum atomic E-state index is 12.6. The second-order valence-electron chi connectivity index (χ2n) is 6.01. The van der Waals surface area contributed by atoms with Crippen LogP contribution in [0.25, 0.3) is 0 Å². The van der Waals surface area contributed by atoms with Crippen molar-refractivity contribution in [3.63, 3.8) is 0 Å². The third kappa shape index (κ3) is 5.97. The minimum Gasteiger partial charge on any atom is -0.495 e. The Morgan fingerprint density at radius 1 is 1.15 bits per heavy atom. The average Bonchev–Trinajstić information content (AvgIpc) is 2.66. The normalized spacial score (nSPS) is 10.6. The number of aromatic nitrogens is 2. The number of nitrogens with one attached hydrogen (secondary N) is 2. The van der Waals surface area contributed by atoms with Crippen LogP contribution in [0.2, 0.25) is 5.02 Å². The number of anilines is 2. The lowest BCUT2D eigenvalue weighted by Gasteiger charge is -2.13. The first-order chi connectivity index (χ1) is 12.9. The quantitative estimate of drug-likeness (QED) is 0.633. The molecule has 0 saturated heterocycles. The highest BCUT2D eigenvalue weighted by molar-refractivity contribution is 6.32. The number of methoxy groups -OCH3 is 2. The molecule has 0 aliphatic heterocycles. The highest BCUT2D eigenvalue weighted by atomic mass is 35.5. The van der Waals surface area contributed by atoms with Crippen LogP contribution in [0.5, 0.6) is 11.5 Å². The van der Waals surface area contributed by atoms with E-state index in [0.717, 1.165) is 19.5 Å². The summed E-state index contributed by atoms with van der Waals surface area (Å²) in [6.07, 6.45) is 2.31. The zero-order chi connectivity index (χ0) is 19.8. The van der Waals surface area contributed by atoms with E-state index < -0.39 is 5.91 Å². The summed E-state index contributed by atoms with van der Waals surface area (Å²) in [6.45, 7) is 1.71. The number of ether oxygens (including phenoxy) is 2. The lowest BCUT2D eigenvalue weighted by atomic mass is 10.2. The Balaban J connectivity index is 2.09. The van der Waals surface area contributed by atoms with Gasteiger partial charge in [0.25, 0.3) is 5.91 Å². The van der Waals surface area contributed by atoms with Gasteiger partial charge in [0.05, 0.1) is 24.9 Å². The van der Waals surface area contributed by atoms with Gasteiger partial charge in [0.15, 0.2) is 0 Å². The van der Waals surface area contributed by atoms with Crippen LogP contribution in [0.1, 0.15) is 16.9 Å². The molecule has 2 aromatic rings. The van der Waals surface area contributed by atoms with E-state index in [2.05, 4.69) is 25.5 Å². The molecule has 0 spiro atoms. The van der Waals surface area contributed by atoms with Crippen LogP contribution in [0.4, 0.5) is 11.5 Å². The molecule has 1 aromatic heterocycles. The fourth-order valence-corrected chi connectivity index (χ4v) is 2.57. The van der Waals surface area contributed by atoms with Crippen LogP contribution in [0, 0.1) is 0 Å². The summed E-state index contributed by atoms with van der Waals surface area (Å²) in [4.78, 5) is 22.9. The van der Waals surface area contributed by atoms with Crippen LogP contribution in [-0.2, 0) is 0 Å².